The van der Waals surface area contributed by atoms with Crippen LogP contribution in [-0.4, -0.2) is 70.9 Å². The summed E-state index contributed by atoms with van der Waals surface area (Å²) in [4.78, 5) is 52.4. The molecule has 4 amide bonds. The summed E-state index contributed by atoms with van der Waals surface area (Å²) in [5.74, 6) is 0.183. The van der Waals surface area contributed by atoms with E-state index in [4.69, 9.17) is 0 Å². The van der Waals surface area contributed by atoms with Crippen molar-refractivity contribution < 1.29 is 19.2 Å². The molecule has 0 unspecified atom stereocenters. The second kappa shape index (κ2) is 34.7. The summed E-state index contributed by atoms with van der Waals surface area (Å²) in [6.45, 7) is 28.8. The molecule has 2 N–H and O–H groups in total. The maximum absolute atomic E-state index is 12.6. The zero-order valence-corrected chi connectivity index (χ0v) is 31.4. The normalized spacial score (nSPS) is 16.2. The molecule has 3 fully saturated rings. The van der Waals surface area contributed by atoms with Gasteiger partial charge in [0.25, 0.3) is 0 Å². The fraction of sp³-hybridized carbons (Fsp3) is 0.882. The molecular weight excluding hydrogens is 560 g/mol. The number of hydrogen-bond acceptors (Lipinski definition) is 5. The fourth-order valence-corrected chi connectivity index (χ4v) is 4.40. The number of nitrogens with one attached hydrogen (secondary N) is 2. The Bertz CT molecular complexity index is 664. The van der Waals surface area contributed by atoms with Crippen LogP contribution in [0.15, 0.2) is 0 Å². The fourth-order valence-electron chi connectivity index (χ4n) is 3.65. The summed E-state index contributed by atoms with van der Waals surface area (Å²) in [6, 6.07) is -0.540. The first kappa shape index (κ1) is 48.1. The van der Waals surface area contributed by atoms with Crippen LogP contribution in [0.1, 0.15) is 154 Å². The van der Waals surface area contributed by atoms with E-state index in [-0.39, 0.29) is 43.0 Å². The number of piperidine rings is 1. The van der Waals surface area contributed by atoms with Crippen molar-refractivity contribution >= 4 is 35.6 Å². The number of hydrogen-bond donors (Lipinski definition) is 2. The predicted octanol–water partition coefficient (Wildman–Crippen LogP) is 8.00. The third-order valence-electron chi connectivity index (χ3n) is 5.42. The summed E-state index contributed by atoms with van der Waals surface area (Å²) in [5, 5.41) is 3.15. The molecule has 43 heavy (non-hydrogen) atoms. The molecule has 258 valence electrons. The lowest BCUT2D eigenvalue weighted by Crippen LogP contribution is -2.48. The second-order valence-corrected chi connectivity index (χ2v) is 11.3. The monoisotopic (exact) mass is 633 g/mol. The molecule has 0 aromatic carbocycles. The summed E-state index contributed by atoms with van der Waals surface area (Å²) in [6.07, 6.45) is 8.39. The Morgan fingerprint density at radius 2 is 1.19 bits per heavy atom. The quantitative estimate of drug-likeness (QED) is 0.264. The molecule has 1 atom stereocenters. The largest absolute Gasteiger partial charge is 0.345 e. The van der Waals surface area contributed by atoms with Gasteiger partial charge in [-0.3, -0.25) is 23.9 Å². The standard InChI is InChI=1S/C19H30N4O4S.C4H10.C3H8.4C2H6/c24-16(21-28-14-6-7-14)13-20-19(27)15-5-4-12-23(15)18(26)9-8-17(25)22-10-2-1-3-11-22;1-4(2)3;1-3-2;4*1-2/h14-15H,1-13H2,(H,20,27)(H,21,24);4H,1-3H3;3H2,1-2H3;4*1-2H3/t15-;;;;;;/m0....../s1. The van der Waals surface area contributed by atoms with Gasteiger partial charge in [0.05, 0.1) is 6.54 Å². The topological polar surface area (TPSA) is 98.8 Å². The average molecular weight is 633 g/mol. The summed E-state index contributed by atoms with van der Waals surface area (Å²) < 4.78 is 2.73. The average Bonchev–Trinajstić information content (AvgIpc) is 3.74. The highest BCUT2D eigenvalue weighted by atomic mass is 32.2. The third-order valence-corrected chi connectivity index (χ3v) is 6.57. The molecule has 1 saturated carbocycles. The van der Waals surface area contributed by atoms with Crippen LogP contribution >= 0.6 is 11.9 Å². The molecule has 0 radical (unpaired) electrons. The summed E-state index contributed by atoms with van der Waals surface area (Å²) in [7, 11) is 0. The van der Waals surface area contributed by atoms with Crippen molar-refractivity contribution in [3.8, 4) is 0 Å². The first-order valence-corrected chi connectivity index (χ1v) is 18.4. The number of carbonyl (C=O) groups excluding carboxylic acids is 4. The van der Waals surface area contributed by atoms with Gasteiger partial charge in [-0.2, -0.15) is 0 Å². The van der Waals surface area contributed by atoms with Gasteiger partial charge in [0.15, 0.2) is 0 Å². The minimum Gasteiger partial charge on any atom is -0.345 e. The Labute approximate surface area is 271 Å². The molecule has 3 rings (SSSR count). The van der Waals surface area contributed by atoms with E-state index in [0.717, 1.165) is 57.5 Å². The van der Waals surface area contributed by atoms with Crippen LogP contribution in [0.4, 0.5) is 0 Å². The van der Waals surface area contributed by atoms with Gasteiger partial charge in [-0.05, 0) is 62.8 Å². The van der Waals surface area contributed by atoms with E-state index in [9.17, 15) is 19.2 Å². The van der Waals surface area contributed by atoms with E-state index in [1.54, 1.807) is 4.90 Å². The second-order valence-electron chi connectivity index (χ2n) is 10.2. The van der Waals surface area contributed by atoms with Gasteiger partial charge in [-0.15, -0.1) is 0 Å². The van der Waals surface area contributed by atoms with Crippen LogP contribution < -0.4 is 10.0 Å². The molecule has 8 nitrogen and oxygen atoms in total. The molecule has 0 spiro atoms. The van der Waals surface area contributed by atoms with Crippen molar-refractivity contribution in [2.45, 2.75) is 166 Å². The van der Waals surface area contributed by atoms with Gasteiger partial charge in [0.1, 0.15) is 6.04 Å². The van der Waals surface area contributed by atoms with Gasteiger partial charge in [0.2, 0.25) is 23.6 Å². The van der Waals surface area contributed by atoms with Gasteiger partial charge in [-0.25, -0.2) is 0 Å². The van der Waals surface area contributed by atoms with Crippen molar-refractivity contribution in [1.82, 2.24) is 19.8 Å². The van der Waals surface area contributed by atoms with E-state index >= 15 is 0 Å². The summed E-state index contributed by atoms with van der Waals surface area (Å²) >= 11 is 1.41. The van der Waals surface area contributed by atoms with Crippen molar-refractivity contribution in [1.29, 1.82) is 0 Å². The number of amides is 4. The van der Waals surface area contributed by atoms with Gasteiger partial charge in [0, 0.05) is 37.7 Å². The van der Waals surface area contributed by atoms with Crippen LogP contribution in [0.3, 0.4) is 0 Å². The van der Waals surface area contributed by atoms with E-state index in [0.29, 0.717) is 18.2 Å². The number of likely N-dealkylation sites (tertiary alicyclic amines) is 2. The van der Waals surface area contributed by atoms with E-state index in [1.807, 2.05) is 60.3 Å². The molecule has 2 heterocycles. The van der Waals surface area contributed by atoms with E-state index in [1.165, 1.54) is 18.4 Å². The Hall–Kier alpha value is -1.77. The van der Waals surface area contributed by atoms with Crippen molar-refractivity contribution in [3.63, 3.8) is 0 Å². The SMILES string of the molecule is CC.CC.CC.CC.CC(C)C.CCC.O=C(CNC(=O)[C@@H]1CCCN1C(=O)CCC(=O)N1CCCCC1)NSC1CC1. The lowest BCUT2D eigenvalue weighted by Gasteiger charge is -2.27. The maximum atomic E-state index is 12.6. The van der Waals surface area contributed by atoms with E-state index in [2.05, 4.69) is 44.7 Å². The molecule has 9 heteroatoms. The van der Waals surface area contributed by atoms with Crippen molar-refractivity contribution in [3.05, 3.63) is 0 Å². The zero-order chi connectivity index (χ0) is 34.2. The smallest absolute Gasteiger partial charge is 0.249 e. The molecular formula is C34H72N4O4S. The molecule has 0 bridgehead atoms. The van der Waals surface area contributed by atoms with E-state index < -0.39 is 6.04 Å². The molecule has 0 aromatic rings. The first-order valence-electron chi connectivity index (χ1n) is 17.5. The Kier molecular flexibility index (Phi) is 38.9. The molecule has 1 aliphatic carbocycles. The molecule has 2 saturated heterocycles. The molecule has 3 aliphatic rings. The third kappa shape index (κ3) is 27.5. The van der Waals surface area contributed by atoms with Crippen LogP contribution in [-0.2, 0) is 19.2 Å². The highest BCUT2D eigenvalue weighted by Crippen LogP contribution is 2.31. The highest BCUT2D eigenvalue weighted by molar-refractivity contribution is 7.98. The summed E-state index contributed by atoms with van der Waals surface area (Å²) in [5.41, 5.74) is 0. The van der Waals surface area contributed by atoms with Crippen LogP contribution in [0.25, 0.3) is 0 Å². The van der Waals surface area contributed by atoms with Gasteiger partial charge < -0.3 is 15.1 Å². The van der Waals surface area contributed by atoms with Crippen molar-refractivity contribution in [2.75, 3.05) is 26.2 Å². The lowest BCUT2D eigenvalue weighted by molar-refractivity contribution is -0.141. The van der Waals surface area contributed by atoms with Crippen molar-refractivity contribution in [2.24, 2.45) is 5.92 Å². The number of carbonyl (C=O) groups is 4. The number of rotatable bonds is 8. The molecule has 2 aliphatic heterocycles. The Morgan fingerprint density at radius 1 is 0.721 bits per heavy atom. The first-order chi connectivity index (χ1) is 20.7. The lowest BCUT2D eigenvalue weighted by atomic mass is 10.1. The van der Waals surface area contributed by atoms with Crippen LogP contribution in [0.2, 0.25) is 0 Å². The highest BCUT2D eigenvalue weighted by Gasteiger charge is 2.34. The van der Waals surface area contributed by atoms with Crippen LogP contribution in [0, 0.1) is 5.92 Å². The minimum atomic E-state index is -0.540. The maximum Gasteiger partial charge on any atom is 0.249 e. The van der Waals surface area contributed by atoms with Gasteiger partial charge >= 0.3 is 0 Å². The number of nitrogens with zero attached hydrogens (tertiary/aromatic N) is 2. The Balaban J connectivity index is -0.000000434. The zero-order valence-electron chi connectivity index (χ0n) is 30.6. The Morgan fingerprint density at radius 3 is 1.65 bits per heavy atom. The van der Waals surface area contributed by atoms with Crippen LogP contribution in [0.5, 0.6) is 0 Å². The predicted molar refractivity (Wildman–Crippen MR) is 188 cm³/mol. The van der Waals surface area contributed by atoms with Gasteiger partial charge in [-0.1, -0.05) is 96.4 Å². The minimum absolute atomic E-state index is 0.0260. The molecule has 0 aromatic heterocycles.